The molecular formula is C22H24N4O4S. The van der Waals surface area contributed by atoms with Crippen LogP contribution in [0.3, 0.4) is 0 Å². The highest BCUT2D eigenvalue weighted by Crippen LogP contribution is 2.23. The van der Waals surface area contributed by atoms with E-state index < -0.39 is 10.0 Å². The van der Waals surface area contributed by atoms with Gasteiger partial charge in [0.2, 0.25) is 10.0 Å². The number of carbonyl (C=O) groups excluding carboxylic acids is 1. The van der Waals surface area contributed by atoms with Gasteiger partial charge in [0, 0.05) is 25.0 Å². The Morgan fingerprint density at radius 3 is 2.65 bits per heavy atom. The standard InChI is InChI=1S/C22H24N4O4S/c1-23-31(28,29)17-6-4-5-16(13-17)15-24-21-14-19(18-7-2-3-8-20(18)25-21)22(27)26-9-11-30-12-10-26/h2-8,13-14,23H,9-12,15H2,1H3,(H,24,25). The van der Waals surface area contributed by atoms with Gasteiger partial charge in [-0.2, -0.15) is 0 Å². The van der Waals surface area contributed by atoms with Crippen LogP contribution in [0.4, 0.5) is 5.82 Å². The molecule has 0 unspecified atom stereocenters. The fourth-order valence-electron chi connectivity index (χ4n) is 3.51. The first-order chi connectivity index (χ1) is 15.0. The van der Waals surface area contributed by atoms with Crippen LogP contribution in [0.15, 0.2) is 59.5 Å². The molecule has 4 rings (SSSR count). The van der Waals surface area contributed by atoms with Gasteiger partial charge in [0.15, 0.2) is 0 Å². The zero-order chi connectivity index (χ0) is 21.8. The van der Waals surface area contributed by atoms with Crippen molar-refractivity contribution in [2.24, 2.45) is 0 Å². The van der Waals surface area contributed by atoms with Gasteiger partial charge >= 0.3 is 0 Å². The first-order valence-electron chi connectivity index (χ1n) is 10.0. The summed E-state index contributed by atoms with van der Waals surface area (Å²) in [6.07, 6.45) is 0. The molecule has 1 saturated heterocycles. The van der Waals surface area contributed by atoms with Gasteiger partial charge in [0.25, 0.3) is 5.91 Å². The van der Waals surface area contributed by atoms with E-state index in [1.54, 1.807) is 29.2 Å². The van der Waals surface area contributed by atoms with Crippen LogP contribution >= 0.6 is 0 Å². The van der Waals surface area contributed by atoms with Crippen LogP contribution in [0.5, 0.6) is 0 Å². The van der Waals surface area contributed by atoms with E-state index in [4.69, 9.17) is 4.74 Å². The van der Waals surface area contributed by atoms with Gasteiger partial charge < -0.3 is 15.0 Å². The number of anilines is 1. The summed E-state index contributed by atoms with van der Waals surface area (Å²) in [6, 6.07) is 16.0. The molecule has 31 heavy (non-hydrogen) atoms. The van der Waals surface area contributed by atoms with Crippen LogP contribution in [0.1, 0.15) is 15.9 Å². The molecule has 0 saturated carbocycles. The Hall–Kier alpha value is -3.01. The molecular weight excluding hydrogens is 416 g/mol. The zero-order valence-corrected chi connectivity index (χ0v) is 18.0. The Morgan fingerprint density at radius 1 is 1.10 bits per heavy atom. The molecule has 1 amide bonds. The van der Waals surface area contributed by atoms with Crippen LogP contribution in [-0.4, -0.2) is 57.6 Å². The van der Waals surface area contributed by atoms with E-state index in [1.807, 2.05) is 30.3 Å². The van der Waals surface area contributed by atoms with Gasteiger partial charge in [-0.1, -0.05) is 30.3 Å². The number of nitrogens with one attached hydrogen (secondary N) is 2. The monoisotopic (exact) mass is 440 g/mol. The highest BCUT2D eigenvalue weighted by molar-refractivity contribution is 7.89. The van der Waals surface area contributed by atoms with Crippen molar-refractivity contribution in [1.82, 2.24) is 14.6 Å². The second kappa shape index (κ2) is 9.01. The van der Waals surface area contributed by atoms with Crippen molar-refractivity contribution < 1.29 is 17.9 Å². The number of rotatable bonds is 6. The first kappa shape index (κ1) is 21.2. The van der Waals surface area contributed by atoms with E-state index in [-0.39, 0.29) is 10.8 Å². The van der Waals surface area contributed by atoms with Crippen molar-refractivity contribution in [1.29, 1.82) is 0 Å². The molecule has 1 fully saturated rings. The minimum absolute atomic E-state index is 0.0490. The molecule has 1 aliphatic heterocycles. The number of benzene rings is 2. The molecule has 0 atom stereocenters. The molecule has 0 spiro atoms. The molecule has 2 heterocycles. The van der Waals surface area contributed by atoms with Crippen LogP contribution < -0.4 is 10.0 Å². The number of para-hydroxylation sites is 1. The molecule has 2 aromatic carbocycles. The summed E-state index contributed by atoms with van der Waals surface area (Å²) in [5, 5.41) is 4.02. The molecule has 0 aliphatic carbocycles. The number of ether oxygens (including phenoxy) is 1. The maximum Gasteiger partial charge on any atom is 0.254 e. The second-order valence-electron chi connectivity index (χ2n) is 7.19. The summed E-state index contributed by atoms with van der Waals surface area (Å²) >= 11 is 0. The fraction of sp³-hybridized carbons (Fsp3) is 0.273. The van der Waals surface area contributed by atoms with Crippen LogP contribution in [0.25, 0.3) is 10.9 Å². The smallest absolute Gasteiger partial charge is 0.254 e. The molecule has 1 aromatic heterocycles. The Kier molecular flexibility index (Phi) is 6.17. The average molecular weight is 441 g/mol. The predicted octanol–water partition coefficient (Wildman–Crippen LogP) is 2.23. The van der Waals surface area contributed by atoms with E-state index in [0.717, 1.165) is 16.5 Å². The molecule has 9 heteroatoms. The summed E-state index contributed by atoms with van der Waals surface area (Å²) in [5.74, 6) is 0.504. The topological polar surface area (TPSA) is 101 Å². The van der Waals surface area contributed by atoms with Crippen molar-refractivity contribution in [2.45, 2.75) is 11.4 Å². The number of sulfonamides is 1. The third-order valence-electron chi connectivity index (χ3n) is 5.20. The van der Waals surface area contributed by atoms with E-state index in [0.29, 0.717) is 44.2 Å². The van der Waals surface area contributed by atoms with Crippen molar-refractivity contribution in [2.75, 3.05) is 38.7 Å². The van der Waals surface area contributed by atoms with Crippen molar-refractivity contribution in [3.05, 3.63) is 65.7 Å². The Labute approximate surface area is 181 Å². The minimum Gasteiger partial charge on any atom is -0.378 e. The molecule has 1 aliphatic rings. The van der Waals surface area contributed by atoms with Gasteiger partial charge in [-0.15, -0.1) is 0 Å². The molecule has 8 nitrogen and oxygen atoms in total. The quantitative estimate of drug-likeness (QED) is 0.610. The molecule has 3 aromatic rings. The second-order valence-corrected chi connectivity index (χ2v) is 9.07. The number of nitrogens with zero attached hydrogens (tertiary/aromatic N) is 2. The third-order valence-corrected chi connectivity index (χ3v) is 6.61. The Morgan fingerprint density at radius 2 is 1.87 bits per heavy atom. The molecule has 0 radical (unpaired) electrons. The fourth-order valence-corrected chi connectivity index (χ4v) is 4.31. The average Bonchev–Trinajstić information content (AvgIpc) is 2.82. The number of hydrogen-bond acceptors (Lipinski definition) is 6. The zero-order valence-electron chi connectivity index (χ0n) is 17.2. The maximum absolute atomic E-state index is 13.2. The Balaban J connectivity index is 1.61. The molecule has 0 bridgehead atoms. The van der Waals surface area contributed by atoms with Gasteiger partial charge in [-0.05, 0) is 36.9 Å². The number of amides is 1. The molecule has 162 valence electrons. The summed E-state index contributed by atoms with van der Waals surface area (Å²) in [7, 11) is -2.14. The predicted molar refractivity (Wildman–Crippen MR) is 118 cm³/mol. The van der Waals surface area contributed by atoms with Crippen molar-refractivity contribution >= 4 is 32.7 Å². The largest absolute Gasteiger partial charge is 0.378 e. The van der Waals surface area contributed by atoms with Gasteiger partial charge in [0.05, 0.1) is 29.2 Å². The lowest BCUT2D eigenvalue weighted by atomic mass is 10.1. The van der Waals surface area contributed by atoms with E-state index in [9.17, 15) is 13.2 Å². The first-order valence-corrected chi connectivity index (χ1v) is 11.5. The van der Waals surface area contributed by atoms with E-state index in [2.05, 4.69) is 15.0 Å². The summed E-state index contributed by atoms with van der Waals surface area (Å²) < 4.78 is 31.8. The van der Waals surface area contributed by atoms with Gasteiger partial charge in [0.1, 0.15) is 5.82 Å². The third kappa shape index (κ3) is 4.68. The molecule has 2 N–H and O–H groups in total. The minimum atomic E-state index is -3.52. The highest BCUT2D eigenvalue weighted by Gasteiger charge is 2.21. The number of aromatic nitrogens is 1. The van der Waals surface area contributed by atoms with Crippen molar-refractivity contribution in [3.63, 3.8) is 0 Å². The number of morpholine rings is 1. The maximum atomic E-state index is 13.2. The lowest BCUT2D eigenvalue weighted by Crippen LogP contribution is -2.40. The summed E-state index contributed by atoms with van der Waals surface area (Å²) in [5.41, 5.74) is 2.09. The summed E-state index contributed by atoms with van der Waals surface area (Å²) in [6.45, 7) is 2.55. The SMILES string of the molecule is CNS(=O)(=O)c1cccc(CNc2cc(C(=O)N3CCOCC3)c3ccccc3n2)c1. The number of hydrogen-bond donors (Lipinski definition) is 2. The van der Waals surface area contributed by atoms with E-state index >= 15 is 0 Å². The van der Waals surface area contributed by atoms with Crippen molar-refractivity contribution in [3.8, 4) is 0 Å². The Bertz CT molecular complexity index is 1210. The highest BCUT2D eigenvalue weighted by atomic mass is 32.2. The number of carbonyl (C=O) groups is 1. The number of fused-ring (bicyclic) bond motifs is 1. The van der Waals surface area contributed by atoms with Gasteiger partial charge in [-0.25, -0.2) is 18.1 Å². The van der Waals surface area contributed by atoms with Crippen LogP contribution in [0, 0.1) is 0 Å². The lowest BCUT2D eigenvalue weighted by Gasteiger charge is -2.27. The number of pyridine rings is 1. The van der Waals surface area contributed by atoms with Gasteiger partial charge in [-0.3, -0.25) is 4.79 Å². The van der Waals surface area contributed by atoms with Crippen LogP contribution in [-0.2, 0) is 21.3 Å². The normalized spacial score (nSPS) is 14.5. The van der Waals surface area contributed by atoms with E-state index in [1.165, 1.54) is 7.05 Å². The summed E-state index contributed by atoms with van der Waals surface area (Å²) in [4.78, 5) is 19.8. The lowest BCUT2D eigenvalue weighted by molar-refractivity contribution is 0.0304. The van der Waals surface area contributed by atoms with Crippen LogP contribution in [0.2, 0.25) is 0 Å².